The van der Waals surface area contributed by atoms with Crippen molar-refractivity contribution in [2.45, 2.75) is 45.3 Å². The lowest BCUT2D eigenvalue weighted by Gasteiger charge is -2.51. The molecule has 1 N–H and O–H groups in total. The highest BCUT2D eigenvalue weighted by Crippen LogP contribution is 2.55. The molecule has 0 aromatic heterocycles. The third kappa shape index (κ3) is 1.31. The number of allylic oxidation sites excluding steroid dienone is 1. The van der Waals surface area contributed by atoms with Crippen molar-refractivity contribution in [1.29, 1.82) is 0 Å². The number of ether oxygens (including phenoxy) is 1. The molecule has 5 atom stereocenters. The summed E-state index contributed by atoms with van der Waals surface area (Å²) in [4.78, 5) is 11.6. The normalized spacial score (nSPS) is 47.2. The first-order valence-electron chi connectivity index (χ1n) is 6.73. The van der Waals surface area contributed by atoms with Gasteiger partial charge in [-0.1, -0.05) is 32.1 Å². The van der Waals surface area contributed by atoms with Gasteiger partial charge in [-0.25, -0.2) is 4.79 Å². The van der Waals surface area contributed by atoms with Gasteiger partial charge in [-0.15, -0.1) is 0 Å². The lowest BCUT2D eigenvalue weighted by Crippen LogP contribution is -2.52. The van der Waals surface area contributed by atoms with Crippen LogP contribution in [-0.2, 0) is 9.53 Å². The maximum Gasteiger partial charge on any atom is 0.334 e. The van der Waals surface area contributed by atoms with Gasteiger partial charge in [-0.2, -0.15) is 0 Å². The van der Waals surface area contributed by atoms with Crippen molar-refractivity contribution in [3.8, 4) is 0 Å². The summed E-state index contributed by atoms with van der Waals surface area (Å²) >= 11 is 0. The van der Waals surface area contributed by atoms with Gasteiger partial charge >= 0.3 is 5.97 Å². The zero-order valence-corrected chi connectivity index (χ0v) is 11.0. The number of rotatable bonds is 0. The van der Waals surface area contributed by atoms with E-state index in [0.29, 0.717) is 11.5 Å². The average molecular weight is 248 g/mol. The molecule has 3 heteroatoms. The molecule has 0 spiro atoms. The van der Waals surface area contributed by atoms with Gasteiger partial charge in [-0.3, -0.25) is 0 Å². The lowest BCUT2D eigenvalue weighted by atomic mass is 9.55. The third-order valence-corrected chi connectivity index (χ3v) is 5.41. The van der Waals surface area contributed by atoms with E-state index in [9.17, 15) is 9.90 Å². The van der Waals surface area contributed by atoms with Crippen molar-refractivity contribution in [3.63, 3.8) is 0 Å². The van der Waals surface area contributed by atoms with E-state index in [2.05, 4.69) is 26.5 Å². The van der Waals surface area contributed by atoms with Crippen LogP contribution in [0.25, 0.3) is 0 Å². The summed E-state index contributed by atoms with van der Waals surface area (Å²) in [5.41, 5.74) is 1.49. The van der Waals surface area contributed by atoms with Crippen molar-refractivity contribution in [2.24, 2.45) is 17.3 Å². The van der Waals surface area contributed by atoms with Crippen LogP contribution in [0.4, 0.5) is 0 Å². The summed E-state index contributed by atoms with van der Waals surface area (Å²) < 4.78 is 5.34. The molecule has 1 aliphatic heterocycles. The molecule has 2 fully saturated rings. The average Bonchev–Trinajstić information content (AvgIpc) is 2.60. The number of hydrogen-bond acceptors (Lipinski definition) is 3. The van der Waals surface area contributed by atoms with Crippen LogP contribution in [0.2, 0.25) is 0 Å². The van der Waals surface area contributed by atoms with Crippen molar-refractivity contribution in [2.75, 3.05) is 0 Å². The maximum absolute atomic E-state index is 11.6. The monoisotopic (exact) mass is 248 g/mol. The van der Waals surface area contributed by atoms with Gasteiger partial charge in [0.15, 0.2) is 0 Å². The number of fused-ring (bicyclic) bond motifs is 2. The van der Waals surface area contributed by atoms with Crippen LogP contribution >= 0.6 is 0 Å². The van der Waals surface area contributed by atoms with Crippen molar-refractivity contribution in [3.05, 3.63) is 23.8 Å². The van der Waals surface area contributed by atoms with E-state index < -0.39 is 6.10 Å². The van der Waals surface area contributed by atoms with Crippen molar-refractivity contribution in [1.82, 2.24) is 0 Å². The maximum atomic E-state index is 11.6. The zero-order valence-electron chi connectivity index (χ0n) is 11.0. The molecule has 0 radical (unpaired) electrons. The van der Waals surface area contributed by atoms with Crippen molar-refractivity contribution < 1.29 is 14.6 Å². The first-order chi connectivity index (χ1) is 8.46. The Bertz CT molecular complexity index is 451. The second-order valence-electron chi connectivity index (χ2n) is 6.13. The van der Waals surface area contributed by atoms with Gasteiger partial charge in [0.2, 0.25) is 0 Å². The van der Waals surface area contributed by atoms with Crippen LogP contribution in [0.15, 0.2) is 23.8 Å². The molecule has 98 valence electrons. The summed E-state index contributed by atoms with van der Waals surface area (Å²) in [5, 5.41) is 10.8. The topological polar surface area (TPSA) is 46.5 Å². The minimum absolute atomic E-state index is 0.204. The Labute approximate surface area is 108 Å². The van der Waals surface area contributed by atoms with Crippen LogP contribution in [0.1, 0.15) is 33.1 Å². The molecular weight excluding hydrogens is 228 g/mol. The largest absolute Gasteiger partial charge is 0.458 e. The highest BCUT2D eigenvalue weighted by molar-refractivity contribution is 5.91. The van der Waals surface area contributed by atoms with E-state index in [4.69, 9.17) is 4.74 Å². The standard InChI is InChI=1S/C15H20O3/c1-8-5-4-6-10-7-11-12(9(2)14(17)18-11)13(16)15(8,10)3/h6,8,11-13,16H,2,4-5,7H2,1,3H3/t8-,11-,12-,13+,15+/m0/s1. The second-order valence-corrected chi connectivity index (χ2v) is 6.13. The predicted molar refractivity (Wildman–Crippen MR) is 67.7 cm³/mol. The molecule has 1 heterocycles. The molecule has 0 unspecified atom stereocenters. The molecule has 3 rings (SSSR count). The molecule has 0 aromatic carbocycles. The first kappa shape index (κ1) is 12.0. The van der Waals surface area contributed by atoms with E-state index in [1.807, 2.05) is 0 Å². The van der Waals surface area contributed by atoms with Gasteiger partial charge < -0.3 is 9.84 Å². The summed E-state index contributed by atoms with van der Waals surface area (Å²) in [6, 6.07) is 0. The minimum Gasteiger partial charge on any atom is -0.458 e. The highest BCUT2D eigenvalue weighted by Gasteiger charge is 2.57. The fraction of sp³-hybridized carbons (Fsp3) is 0.667. The van der Waals surface area contributed by atoms with Crippen LogP contribution in [0, 0.1) is 17.3 Å². The van der Waals surface area contributed by atoms with Crippen LogP contribution < -0.4 is 0 Å². The van der Waals surface area contributed by atoms with Crippen molar-refractivity contribution >= 4 is 5.97 Å². The summed E-state index contributed by atoms with van der Waals surface area (Å²) in [6.07, 6.45) is 4.38. The Morgan fingerprint density at radius 3 is 3.00 bits per heavy atom. The van der Waals surface area contributed by atoms with E-state index >= 15 is 0 Å². The molecular formula is C15H20O3. The Morgan fingerprint density at radius 2 is 2.28 bits per heavy atom. The summed E-state index contributed by atoms with van der Waals surface area (Å²) in [6.45, 7) is 8.13. The Hall–Kier alpha value is -1.09. The van der Waals surface area contributed by atoms with Gasteiger partial charge in [0.1, 0.15) is 6.10 Å². The molecule has 1 saturated heterocycles. The number of aliphatic hydroxyl groups excluding tert-OH is 1. The van der Waals surface area contributed by atoms with Crippen LogP contribution in [0.5, 0.6) is 0 Å². The Morgan fingerprint density at radius 1 is 1.56 bits per heavy atom. The number of hydrogen-bond donors (Lipinski definition) is 1. The third-order valence-electron chi connectivity index (χ3n) is 5.41. The lowest BCUT2D eigenvalue weighted by molar-refractivity contribution is -0.141. The quantitative estimate of drug-likeness (QED) is 0.406. The number of carbonyl (C=O) groups is 1. The van der Waals surface area contributed by atoms with E-state index in [1.54, 1.807) is 0 Å². The molecule has 0 amide bonds. The zero-order chi connectivity index (χ0) is 13.1. The second kappa shape index (κ2) is 3.70. The molecule has 1 saturated carbocycles. The van der Waals surface area contributed by atoms with Gasteiger partial charge in [0, 0.05) is 17.4 Å². The molecule has 3 aliphatic rings. The Balaban J connectivity index is 2.04. The number of carbonyl (C=O) groups excluding carboxylic acids is 1. The fourth-order valence-corrected chi connectivity index (χ4v) is 3.93. The molecule has 2 aliphatic carbocycles. The molecule has 18 heavy (non-hydrogen) atoms. The molecule has 3 nitrogen and oxygen atoms in total. The summed E-state index contributed by atoms with van der Waals surface area (Å²) in [5.74, 6) is -0.128. The van der Waals surface area contributed by atoms with Crippen LogP contribution in [0.3, 0.4) is 0 Å². The van der Waals surface area contributed by atoms with E-state index in [1.165, 1.54) is 5.57 Å². The minimum atomic E-state index is -0.559. The first-order valence-corrected chi connectivity index (χ1v) is 6.73. The van der Waals surface area contributed by atoms with Crippen LogP contribution in [-0.4, -0.2) is 23.3 Å². The van der Waals surface area contributed by atoms with Gasteiger partial charge in [0.05, 0.1) is 12.0 Å². The number of esters is 1. The summed E-state index contributed by atoms with van der Waals surface area (Å²) in [7, 11) is 0. The number of aliphatic hydroxyl groups is 1. The highest BCUT2D eigenvalue weighted by atomic mass is 16.6. The predicted octanol–water partition coefficient (Wildman–Crippen LogP) is 2.21. The van der Waals surface area contributed by atoms with Gasteiger partial charge in [0.25, 0.3) is 0 Å². The van der Waals surface area contributed by atoms with E-state index in [-0.39, 0.29) is 23.4 Å². The van der Waals surface area contributed by atoms with E-state index in [0.717, 1.165) is 19.3 Å². The van der Waals surface area contributed by atoms with Gasteiger partial charge in [-0.05, 0) is 18.8 Å². The SMILES string of the molecule is C=C1C(=O)O[C@H]2CC3=CCC[C@H](C)[C@@]3(C)[C@H](O)[C@@H]12. The molecule has 0 aromatic rings. The molecule has 0 bridgehead atoms. The smallest absolute Gasteiger partial charge is 0.334 e. The Kier molecular flexibility index (Phi) is 2.46. The fourth-order valence-electron chi connectivity index (χ4n) is 3.93.